The minimum absolute atomic E-state index is 0.0987. The monoisotopic (exact) mass is 274 g/mol. The van der Waals surface area contributed by atoms with Crippen molar-refractivity contribution >= 4 is 22.7 Å². The Balaban J connectivity index is 2.46. The first-order chi connectivity index (χ1) is 9.61. The average Bonchev–Trinajstić information content (AvgIpc) is 2.37. The van der Waals surface area contributed by atoms with E-state index in [2.05, 4.69) is 22.2 Å². The maximum atomic E-state index is 5.85. The van der Waals surface area contributed by atoms with Crippen molar-refractivity contribution in [2.75, 3.05) is 17.6 Å². The molecule has 0 atom stereocenters. The maximum Gasteiger partial charge on any atom is 0.222 e. The molecule has 0 radical (unpaired) electrons. The second-order valence-corrected chi connectivity index (χ2v) is 5.03. The first kappa shape index (κ1) is 14.4. The summed E-state index contributed by atoms with van der Waals surface area (Å²) < 4.78 is 5.85. The number of unbranched alkanes of at least 4 members (excludes halogenated alkanes) is 1. The van der Waals surface area contributed by atoms with Crippen LogP contribution in [0.15, 0.2) is 18.2 Å². The van der Waals surface area contributed by atoms with Crippen LogP contribution >= 0.6 is 0 Å². The lowest BCUT2D eigenvalue weighted by molar-refractivity contribution is 0.245. The van der Waals surface area contributed by atoms with Gasteiger partial charge in [-0.05, 0) is 32.4 Å². The Morgan fingerprint density at radius 2 is 2.10 bits per heavy atom. The van der Waals surface area contributed by atoms with E-state index in [-0.39, 0.29) is 12.1 Å². The molecular formula is C15H22N4O. The van der Waals surface area contributed by atoms with Crippen LogP contribution in [0.3, 0.4) is 0 Å². The molecule has 0 aliphatic rings. The molecule has 1 aromatic carbocycles. The fraction of sp³-hybridized carbons (Fsp3) is 0.467. The second kappa shape index (κ2) is 6.41. The van der Waals surface area contributed by atoms with Gasteiger partial charge in [0.2, 0.25) is 5.95 Å². The summed E-state index contributed by atoms with van der Waals surface area (Å²) in [5, 5.41) is 4.23. The molecule has 0 fully saturated rings. The number of hydrogen-bond acceptors (Lipinski definition) is 5. The van der Waals surface area contributed by atoms with Crippen LogP contribution < -0.4 is 15.8 Å². The van der Waals surface area contributed by atoms with Gasteiger partial charge in [0.25, 0.3) is 0 Å². The number of nitrogens with zero attached hydrogens (tertiary/aromatic N) is 2. The highest BCUT2D eigenvalue weighted by Crippen LogP contribution is 2.31. The average molecular weight is 274 g/mol. The maximum absolute atomic E-state index is 5.85. The van der Waals surface area contributed by atoms with Gasteiger partial charge in [0.05, 0.1) is 17.0 Å². The minimum Gasteiger partial charge on any atom is -0.490 e. The van der Waals surface area contributed by atoms with Crippen molar-refractivity contribution in [1.29, 1.82) is 0 Å². The predicted octanol–water partition coefficient (Wildman–Crippen LogP) is 3.21. The van der Waals surface area contributed by atoms with Crippen molar-refractivity contribution in [2.24, 2.45) is 0 Å². The Kier molecular flexibility index (Phi) is 4.61. The standard InChI is InChI=1S/C15H22N4O/c1-4-5-9-17-14-13-11(18-15(16)19-14)7-6-8-12(13)20-10(2)3/h6-8,10H,4-5,9H2,1-3H3,(H3,16,17,18,19). The molecule has 2 rings (SSSR count). The van der Waals surface area contributed by atoms with E-state index in [1.54, 1.807) is 0 Å². The number of rotatable bonds is 6. The number of anilines is 2. The molecule has 1 heterocycles. The third-order valence-corrected chi connectivity index (χ3v) is 2.89. The van der Waals surface area contributed by atoms with Crippen molar-refractivity contribution in [1.82, 2.24) is 9.97 Å². The Bertz CT molecular complexity index is 583. The summed E-state index contributed by atoms with van der Waals surface area (Å²) in [6.45, 7) is 7.02. The van der Waals surface area contributed by atoms with E-state index < -0.39 is 0 Å². The van der Waals surface area contributed by atoms with E-state index in [0.29, 0.717) is 0 Å². The van der Waals surface area contributed by atoms with E-state index in [4.69, 9.17) is 10.5 Å². The van der Waals surface area contributed by atoms with E-state index >= 15 is 0 Å². The zero-order valence-corrected chi connectivity index (χ0v) is 12.3. The highest BCUT2D eigenvalue weighted by molar-refractivity contribution is 5.95. The Hall–Kier alpha value is -2.04. The summed E-state index contributed by atoms with van der Waals surface area (Å²) in [4.78, 5) is 8.60. The Labute approximate surface area is 119 Å². The number of benzene rings is 1. The van der Waals surface area contributed by atoms with E-state index in [1.807, 2.05) is 32.0 Å². The molecule has 1 aromatic heterocycles. The number of nitrogens with two attached hydrogens (primary N) is 1. The topological polar surface area (TPSA) is 73.1 Å². The van der Waals surface area contributed by atoms with Gasteiger partial charge in [-0.3, -0.25) is 0 Å². The molecule has 20 heavy (non-hydrogen) atoms. The van der Waals surface area contributed by atoms with Gasteiger partial charge in [0, 0.05) is 6.54 Å². The number of aromatic nitrogens is 2. The van der Waals surface area contributed by atoms with Crippen molar-refractivity contribution < 1.29 is 4.74 Å². The molecule has 0 bridgehead atoms. The first-order valence-electron chi connectivity index (χ1n) is 7.08. The third kappa shape index (κ3) is 3.29. The summed E-state index contributed by atoms with van der Waals surface area (Å²) in [6.07, 6.45) is 2.31. The van der Waals surface area contributed by atoms with Crippen LogP contribution in [0.5, 0.6) is 5.75 Å². The molecular weight excluding hydrogens is 252 g/mol. The van der Waals surface area contributed by atoms with E-state index in [1.165, 1.54) is 0 Å². The van der Waals surface area contributed by atoms with Crippen LogP contribution in [0, 0.1) is 0 Å². The largest absolute Gasteiger partial charge is 0.490 e. The normalized spacial score (nSPS) is 11.0. The third-order valence-electron chi connectivity index (χ3n) is 2.89. The van der Waals surface area contributed by atoms with Gasteiger partial charge >= 0.3 is 0 Å². The van der Waals surface area contributed by atoms with Gasteiger partial charge in [-0.2, -0.15) is 4.98 Å². The van der Waals surface area contributed by atoms with Gasteiger partial charge < -0.3 is 15.8 Å². The van der Waals surface area contributed by atoms with Crippen molar-refractivity contribution in [3.05, 3.63) is 18.2 Å². The summed E-state index contributed by atoms with van der Waals surface area (Å²) >= 11 is 0. The fourth-order valence-corrected chi connectivity index (χ4v) is 2.03. The van der Waals surface area contributed by atoms with Crippen LogP contribution in [0.2, 0.25) is 0 Å². The van der Waals surface area contributed by atoms with E-state index in [0.717, 1.165) is 41.9 Å². The van der Waals surface area contributed by atoms with Crippen LogP contribution in [0.1, 0.15) is 33.6 Å². The summed E-state index contributed by atoms with van der Waals surface area (Å²) in [5.41, 5.74) is 6.58. The van der Waals surface area contributed by atoms with Crippen molar-refractivity contribution in [3.8, 4) is 5.75 Å². The lowest BCUT2D eigenvalue weighted by Crippen LogP contribution is -2.10. The molecule has 0 saturated carbocycles. The number of ether oxygens (including phenoxy) is 1. The number of nitrogen functional groups attached to an aromatic ring is 1. The lowest BCUT2D eigenvalue weighted by atomic mass is 10.2. The molecule has 3 N–H and O–H groups in total. The summed E-state index contributed by atoms with van der Waals surface area (Å²) in [5.74, 6) is 1.81. The van der Waals surface area contributed by atoms with E-state index in [9.17, 15) is 0 Å². The highest BCUT2D eigenvalue weighted by atomic mass is 16.5. The Morgan fingerprint density at radius 3 is 2.80 bits per heavy atom. The van der Waals surface area contributed by atoms with Crippen LogP contribution in [0.25, 0.3) is 10.9 Å². The first-order valence-corrected chi connectivity index (χ1v) is 7.08. The van der Waals surface area contributed by atoms with Crippen molar-refractivity contribution in [3.63, 3.8) is 0 Å². The molecule has 2 aromatic rings. The van der Waals surface area contributed by atoms with Crippen LogP contribution in [0.4, 0.5) is 11.8 Å². The summed E-state index contributed by atoms with van der Waals surface area (Å²) in [6, 6.07) is 5.78. The lowest BCUT2D eigenvalue weighted by Gasteiger charge is -2.15. The molecule has 0 aliphatic carbocycles. The van der Waals surface area contributed by atoms with Gasteiger partial charge in [-0.1, -0.05) is 19.4 Å². The van der Waals surface area contributed by atoms with Gasteiger partial charge in [0.1, 0.15) is 11.6 Å². The van der Waals surface area contributed by atoms with Gasteiger partial charge in [-0.25, -0.2) is 4.98 Å². The molecule has 108 valence electrons. The second-order valence-electron chi connectivity index (χ2n) is 5.03. The van der Waals surface area contributed by atoms with Gasteiger partial charge in [0.15, 0.2) is 0 Å². The zero-order chi connectivity index (χ0) is 14.5. The molecule has 0 aliphatic heterocycles. The fourth-order valence-electron chi connectivity index (χ4n) is 2.03. The van der Waals surface area contributed by atoms with Crippen molar-refractivity contribution in [2.45, 2.75) is 39.7 Å². The molecule has 0 unspecified atom stereocenters. The molecule has 0 amide bonds. The predicted molar refractivity (Wildman–Crippen MR) is 83.1 cm³/mol. The number of fused-ring (bicyclic) bond motifs is 1. The van der Waals surface area contributed by atoms with Crippen LogP contribution in [-0.2, 0) is 0 Å². The Morgan fingerprint density at radius 1 is 1.30 bits per heavy atom. The highest BCUT2D eigenvalue weighted by Gasteiger charge is 2.12. The molecule has 5 nitrogen and oxygen atoms in total. The smallest absolute Gasteiger partial charge is 0.222 e. The van der Waals surface area contributed by atoms with Gasteiger partial charge in [-0.15, -0.1) is 0 Å². The molecule has 5 heteroatoms. The number of nitrogens with one attached hydrogen (secondary N) is 1. The molecule has 0 spiro atoms. The SMILES string of the molecule is CCCCNc1nc(N)nc2cccc(OC(C)C)c12. The van der Waals surface area contributed by atoms with Crippen LogP contribution in [-0.4, -0.2) is 22.6 Å². The quantitative estimate of drug-likeness (QED) is 0.791. The molecule has 0 saturated heterocycles. The summed E-state index contributed by atoms with van der Waals surface area (Å²) in [7, 11) is 0. The minimum atomic E-state index is 0.0987. The zero-order valence-electron chi connectivity index (χ0n) is 12.3. The number of hydrogen-bond donors (Lipinski definition) is 2.